The second-order valence-corrected chi connectivity index (χ2v) is 20.9. The van der Waals surface area contributed by atoms with E-state index in [1.807, 2.05) is 0 Å². The fourth-order valence-corrected chi connectivity index (χ4v) is 9.03. The largest absolute Gasteiger partial charge is 0.396 e. The molecule has 440 valence electrons. The lowest BCUT2D eigenvalue weighted by Gasteiger charge is -2.19. The molecule has 7 N–H and O–H groups in total. The Bertz CT molecular complexity index is 1360. The number of unbranched alkanes of at least 4 members (excludes halogenated alkanes) is 26. The molecule has 0 fully saturated rings. The lowest BCUT2D eigenvalue weighted by atomic mass is 10.0. The van der Waals surface area contributed by atoms with Crippen molar-refractivity contribution in [3.63, 3.8) is 0 Å². The highest BCUT2D eigenvalue weighted by Gasteiger charge is 2.17. The van der Waals surface area contributed by atoms with Gasteiger partial charge in [-0.05, 0) is 51.4 Å². The molecule has 0 saturated heterocycles. The summed E-state index contributed by atoms with van der Waals surface area (Å²) < 4.78 is 16.0. The summed E-state index contributed by atoms with van der Waals surface area (Å²) in [4.78, 5) is 75.0. The second-order valence-electron chi connectivity index (χ2n) is 20.9. The summed E-state index contributed by atoms with van der Waals surface area (Å²) in [6, 6.07) is -0.408. The van der Waals surface area contributed by atoms with Crippen LogP contribution in [-0.2, 0) is 43.0 Å². The molecular formula is C59H114N6O10. The molecule has 0 bridgehead atoms. The average Bonchev–Trinajstić information content (AvgIpc) is 3.39. The Kier molecular flexibility index (Phi) is 54.3. The van der Waals surface area contributed by atoms with Crippen LogP contribution < -0.4 is 31.9 Å². The number of nitrogens with one attached hydrogen (secondary N) is 6. The molecule has 0 aliphatic heterocycles. The van der Waals surface area contributed by atoms with Crippen LogP contribution in [0.4, 0.5) is 0 Å². The van der Waals surface area contributed by atoms with Crippen LogP contribution in [0.1, 0.15) is 251 Å². The van der Waals surface area contributed by atoms with Crippen molar-refractivity contribution in [3.05, 3.63) is 0 Å². The van der Waals surface area contributed by atoms with E-state index >= 15 is 0 Å². The van der Waals surface area contributed by atoms with Crippen molar-refractivity contribution in [1.82, 2.24) is 31.9 Å². The standard InChI is InChI=1S/C59H114N6O10/c1-4-6-8-10-12-14-16-18-20-22-24-26-28-37-54(67)63-43-45-74-50-58(71)61-41-33-31-36-53(47-57(70)60-40-32-30-35-52(48-66)49-73-3)65-56(69)39-34-42-62-59(72)51-75-46-44-64-55(68)38-29-27-25-23-21-19-17-15-13-11-9-7-5-2/h52-53,66H,4-51H2,1-3H3,(H,60,70)(H,61,71)(H,62,72)(H,63,67)(H,64,68)(H,65,69). The molecule has 2 atom stereocenters. The molecule has 0 radical (unpaired) electrons. The summed E-state index contributed by atoms with van der Waals surface area (Å²) in [5.74, 6) is -0.847. The van der Waals surface area contributed by atoms with Crippen LogP contribution in [-0.4, -0.2) is 126 Å². The monoisotopic (exact) mass is 1070 g/mol. The van der Waals surface area contributed by atoms with E-state index in [2.05, 4.69) is 45.7 Å². The predicted octanol–water partition coefficient (Wildman–Crippen LogP) is 9.81. The smallest absolute Gasteiger partial charge is 0.245 e. The molecule has 0 aromatic rings. The van der Waals surface area contributed by atoms with Crippen LogP contribution >= 0.6 is 0 Å². The van der Waals surface area contributed by atoms with Crippen LogP contribution in [0.3, 0.4) is 0 Å². The van der Waals surface area contributed by atoms with Gasteiger partial charge in [-0.15, -0.1) is 0 Å². The maximum Gasteiger partial charge on any atom is 0.245 e. The maximum absolute atomic E-state index is 13.0. The number of methoxy groups -OCH3 is 1. The zero-order valence-corrected chi connectivity index (χ0v) is 48.2. The average molecular weight is 1070 g/mol. The van der Waals surface area contributed by atoms with E-state index in [1.54, 1.807) is 7.11 Å². The van der Waals surface area contributed by atoms with Gasteiger partial charge < -0.3 is 51.2 Å². The lowest BCUT2D eigenvalue weighted by Crippen LogP contribution is -2.40. The molecule has 0 aromatic carbocycles. The first-order chi connectivity index (χ1) is 36.6. The van der Waals surface area contributed by atoms with Crippen LogP contribution in [0.5, 0.6) is 0 Å². The van der Waals surface area contributed by atoms with Gasteiger partial charge in [-0.25, -0.2) is 0 Å². The summed E-state index contributed by atoms with van der Waals surface area (Å²) in [5, 5.41) is 26.8. The second kappa shape index (κ2) is 56.9. The Morgan fingerprint density at radius 1 is 0.387 bits per heavy atom. The fraction of sp³-hybridized carbons (Fsp3) is 0.898. The summed E-state index contributed by atoms with van der Waals surface area (Å²) in [6.45, 7) is 7.19. The van der Waals surface area contributed by atoms with E-state index in [4.69, 9.17) is 14.2 Å². The van der Waals surface area contributed by atoms with E-state index < -0.39 is 6.04 Å². The minimum Gasteiger partial charge on any atom is -0.396 e. The Balaban J connectivity index is 4.31. The van der Waals surface area contributed by atoms with Crippen molar-refractivity contribution in [2.24, 2.45) is 5.92 Å². The summed E-state index contributed by atoms with van der Waals surface area (Å²) in [5.41, 5.74) is 0. The summed E-state index contributed by atoms with van der Waals surface area (Å²) >= 11 is 0. The van der Waals surface area contributed by atoms with Gasteiger partial charge in [0, 0.05) is 84.1 Å². The highest BCUT2D eigenvalue weighted by Crippen LogP contribution is 2.15. The zero-order chi connectivity index (χ0) is 54.9. The molecule has 0 aliphatic rings. The van der Waals surface area contributed by atoms with Crippen molar-refractivity contribution in [1.29, 1.82) is 0 Å². The minimum absolute atomic E-state index is 0.00448. The molecule has 2 unspecified atom stereocenters. The quantitative estimate of drug-likeness (QED) is 0.0286. The lowest BCUT2D eigenvalue weighted by molar-refractivity contribution is -0.127. The number of amides is 6. The number of ether oxygens (including phenoxy) is 3. The van der Waals surface area contributed by atoms with Crippen LogP contribution in [0.2, 0.25) is 0 Å². The first kappa shape index (κ1) is 71.7. The van der Waals surface area contributed by atoms with E-state index in [1.165, 1.54) is 141 Å². The number of rotatable bonds is 58. The number of carbonyl (C=O) groups is 6. The molecule has 16 nitrogen and oxygen atoms in total. The molecule has 0 rings (SSSR count). The molecule has 0 heterocycles. The molecular weight excluding hydrogens is 953 g/mol. The van der Waals surface area contributed by atoms with Crippen molar-refractivity contribution in [3.8, 4) is 0 Å². The topological polar surface area (TPSA) is 223 Å². The maximum atomic E-state index is 13.0. The molecule has 0 spiro atoms. The SMILES string of the molecule is CCCCCCCCCCCCCCCC(=O)NCCOCC(=O)NCCCCC(CC(=O)NCCCCC(CO)COC)NC(=O)CCCNC(=O)COCCNC(=O)CCCCCCCCCCCCCCC. The van der Waals surface area contributed by atoms with Gasteiger partial charge >= 0.3 is 0 Å². The Morgan fingerprint density at radius 2 is 0.747 bits per heavy atom. The van der Waals surface area contributed by atoms with E-state index in [0.717, 1.165) is 44.9 Å². The molecule has 16 heteroatoms. The van der Waals surface area contributed by atoms with Crippen LogP contribution in [0, 0.1) is 5.92 Å². The molecule has 0 saturated carbocycles. The van der Waals surface area contributed by atoms with Gasteiger partial charge in [0.15, 0.2) is 0 Å². The highest BCUT2D eigenvalue weighted by atomic mass is 16.5. The van der Waals surface area contributed by atoms with E-state index in [-0.39, 0.29) is 93.8 Å². The normalized spacial score (nSPS) is 12.0. The van der Waals surface area contributed by atoms with Crippen molar-refractivity contribution >= 4 is 35.4 Å². The van der Waals surface area contributed by atoms with Crippen molar-refractivity contribution < 1.29 is 48.1 Å². The number of hydrogen-bond donors (Lipinski definition) is 7. The van der Waals surface area contributed by atoms with Gasteiger partial charge in [-0.2, -0.15) is 0 Å². The van der Waals surface area contributed by atoms with Crippen LogP contribution in [0.25, 0.3) is 0 Å². The van der Waals surface area contributed by atoms with Gasteiger partial charge in [0.1, 0.15) is 13.2 Å². The summed E-state index contributed by atoms with van der Waals surface area (Å²) in [7, 11) is 1.61. The third kappa shape index (κ3) is 53.8. The van der Waals surface area contributed by atoms with Crippen molar-refractivity contribution in [2.45, 2.75) is 257 Å². The molecule has 0 aliphatic carbocycles. The number of aliphatic hydroxyl groups is 1. The molecule has 0 aromatic heterocycles. The number of hydrogen-bond acceptors (Lipinski definition) is 10. The molecule has 75 heavy (non-hydrogen) atoms. The Hall–Kier alpha value is -3.34. The Labute approximate surface area is 456 Å². The predicted molar refractivity (Wildman–Crippen MR) is 303 cm³/mol. The van der Waals surface area contributed by atoms with Crippen LogP contribution in [0.15, 0.2) is 0 Å². The zero-order valence-electron chi connectivity index (χ0n) is 48.2. The third-order valence-electron chi connectivity index (χ3n) is 13.6. The number of carbonyl (C=O) groups excluding carboxylic acids is 6. The highest BCUT2D eigenvalue weighted by molar-refractivity contribution is 5.80. The van der Waals surface area contributed by atoms with Crippen molar-refractivity contribution in [2.75, 3.05) is 79.5 Å². The minimum atomic E-state index is -0.408. The number of aliphatic hydroxyl groups excluding tert-OH is 1. The fourth-order valence-electron chi connectivity index (χ4n) is 9.03. The van der Waals surface area contributed by atoms with E-state index in [0.29, 0.717) is 71.3 Å². The first-order valence-corrected chi connectivity index (χ1v) is 30.5. The Morgan fingerprint density at radius 3 is 1.16 bits per heavy atom. The van der Waals surface area contributed by atoms with Gasteiger partial charge in [0.25, 0.3) is 0 Å². The van der Waals surface area contributed by atoms with E-state index in [9.17, 15) is 33.9 Å². The first-order valence-electron chi connectivity index (χ1n) is 30.5. The van der Waals surface area contributed by atoms with Gasteiger partial charge in [0.05, 0.1) is 19.8 Å². The van der Waals surface area contributed by atoms with Gasteiger partial charge in [-0.1, -0.05) is 174 Å². The third-order valence-corrected chi connectivity index (χ3v) is 13.6. The van der Waals surface area contributed by atoms with Gasteiger partial charge in [0.2, 0.25) is 35.4 Å². The molecule has 6 amide bonds. The summed E-state index contributed by atoms with van der Waals surface area (Å²) in [6.07, 6.45) is 38.8. The van der Waals surface area contributed by atoms with Gasteiger partial charge in [-0.3, -0.25) is 28.8 Å².